The van der Waals surface area contributed by atoms with Crippen LogP contribution in [0.2, 0.25) is 0 Å². The molecule has 2 aromatic rings. The van der Waals surface area contributed by atoms with Gasteiger partial charge in [0.1, 0.15) is 0 Å². The van der Waals surface area contributed by atoms with Crippen molar-refractivity contribution in [2.45, 2.75) is 75.5 Å². The Kier molecular flexibility index (Phi) is 8.63. The van der Waals surface area contributed by atoms with Gasteiger partial charge in [-0.05, 0) is 74.6 Å². The zero-order valence-corrected chi connectivity index (χ0v) is 19.8. The summed E-state index contributed by atoms with van der Waals surface area (Å²) in [5.41, 5.74) is 6.49. The largest absolute Gasteiger partial charge is 0.304 e. The molecule has 0 N–H and O–H groups in total. The summed E-state index contributed by atoms with van der Waals surface area (Å²) in [5, 5.41) is 1.57. The van der Waals surface area contributed by atoms with Crippen molar-refractivity contribution in [1.82, 2.24) is 0 Å². The third-order valence-corrected chi connectivity index (χ3v) is 12.8. The van der Waals surface area contributed by atoms with Crippen LogP contribution in [0.3, 0.4) is 0 Å². The number of hydrogen-bond donors (Lipinski definition) is 0. The predicted octanol–water partition coefficient (Wildman–Crippen LogP) is 8.02. The van der Waals surface area contributed by atoms with Gasteiger partial charge in [-0.2, -0.15) is 0 Å². The molecule has 2 saturated carbocycles. The fourth-order valence-electron chi connectivity index (χ4n) is 5.51. The molecule has 2 aromatic carbocycles. The van der Waals surface area contributed by atoms with Crippen LogP contribution >= 0.6 is 18.9 Å². The van der Waals surface area contributed by atoms with Crippen molar-refractivity contribution in [2.24, 2.45) is 0 Å². The zero-order chi connectivity index (χ0) is 18.5. The van der Waals surface area contributed by atoms with Crippen LogP contribution < -0.4 is 5.30 Å². The second-order valence-corrected chi connectivity index (χ2v) is 12.9. The summed E-state index contributed by atoms with van der Waals surface area (Å²) < 4.78 is 0. The van der Waals surface area contributed by atoms with E-state index in [1.165, 1.54) is 75.3 Å². The van der Waals surface area contributed by atoms with E-state index in [0.29, 0.717) is 0 Å². The molecule has 0 bridgehead atoms. The van der Waals surface area contributed by atoms with Crippen LogP contribution in [0.1, 0.15) is 64.2 Å². The number of halogens is 1. The maximum Gasteiger partial charge on any atom is 0.0670 e. The molecule has 0 nitrogen and oxygen atoms in total. The van der Waals surface area contributed by atoms with E-state index in [9.17, 15) is 0 Å². The van der Waals surface area contributed by atoms with Crippen LogP contribution in [-0.2, 0) is 20.4 Å². The van der Waals surface area contributed by atoms with Gasteiger partial charge in [-0.15, -0.1) is 0 Å². The number of rotatable bonds is 5. The summed E-state index contributed by atoms with van der Waals surface area (Å²) >= 11 is 6.85. The molecule has 2 fully saturated rings. The monoisotopic (exact) mass is 504 g/mol. The molecule has 2 aliphatic carbocycles. The quantitative estimate of drug-likeness (QED) is 0.219. The first-order valence-corrected chi connectivity index (χ1v) is 13.3. The Morgan fingerprint density at radius 3 is 1.75 bits per heavy atom. The second kappa shape index (κ2) is 10.7. The minimum Gasteiger partial charge on any atom is -0.304 e. The van der Waals surface area contributed by atoms with Crippen molar-refractivity contribution >= 4 is 24.2 Å². The summed E-state index contributed by atoms with van der Waals surface area (Å²) in [7, 11) is -1.49. The topological polar surface area (TPSA) is 0 Å². The van der Waals surface area contributed by atoms with Crippen molar-refractivity contribution in [1.29, 1.82) is 0 Å². The molecule has 154 valence electrons. The number of benzene rings is 2. The van der Waals surface area contributed by atoms with Crippen molar-refractivity contribution < 1.29 is 20.4 Å². The van der Waals surface area contributed by atoms with Crippen molar-refractivity contribution in [3.8, 4) is 11.1 Å². The standard InChI is InChI=1S/C25H32ClP.Pd/c26-20-27(23-14-6-2-7-15-23,24-16-8-3-9-17-24)25-18-10-13-22(19-25)21-11-4-1-5-12-21;/h1,4-5,10-13,18-20,23-24H,2-3,6-9,14-17H2;. The smallest absolute Gasteiger partial charge is 0.0670 e. The molecule has 0 radical (unpaired) electrons. The van der Waals surface area contributed by atoms with Crippen LogP contribution in [0.4, 0.5) is 0 Å². The molecule has 0 aliphatic heterocycles. The molecule has 0 unspecified atom stereocenters. The SMILES string of the molecule is Cl[CH-][P+](c1cccc(-c2ccccc2)c1)(C1CCCCC1)C1CCCCC1.[Pd]. The Labute approximate surface area is 190 Å². The fraction of sp³-hybridized carbons (Fsp3) is 0.480. The molecule has 0 atom stereocenters. The first-order chi connectivity index (χ1) is 13.3. The van der Waals surface area contributed by atoms with E-state index in [1.54, 1.807) is 5.30 Å². The Bertz CT molecular complexity index is 702. The Balaban J connectivity index is 0.00000225. The van der Waals surface area contributed by atoms with Gasteiger partial charge in [-0.3, -0.25) is 0 Å². The maximum atomic E-state index is 6.85. The summed E-state index contributed by atoms with van der Waals surface area (Å²) in [6.45, 7) is 0. The molecule has 3 heteroatoms. The van der Waals surface area contributed by atoms with E-state index in [0.717, 1.165) is 11.3 Å². The van der Waals surface area contributed by atoms with Gasteiger partial charge < -0.3 is 11.6 Å². The van der Waals surface area contributed by atoms with Crippen LogP contribution in [0.25, 0.3) is 11.1 Å². The molecule has 4 rings (SSSR count). The fourth-order valence-corrected chi connectivity index (χ4v) is 11.8. The zero-order valence-electron chi connectivity index (χ0n) is 16.6. The molecule has 0 aromatic heterocycles. The van der Waals surface area contributed by atoms with Crippen LogP contribution in [0.5, 0.6) is 0 Å². The minimum atomic E-state index is -1.49. The summed E-state index contributed by atoms with van der Waals surface area (Å²) in [6, 6.07) is 20.3. The average molecular weight is 505 g/mol. The summed E-state index contributed by atoms with van der Waals surface area (Å²) in [6.07, 6.45) is 13.9. The van der Waals surface area contributed by atoms with Crippen molar-refractivity contribution in [3.63, 3.8) is 0 Å². The normalized spacial score (nSPS) is 19.2. The van der Waals surface area contributed by atoms with Gasteiger partial charge in [0.25, 0.3) is 0 Å². The molecule has 28 heavy (non-hydrogen) atoms. The van der Waals surface area contributed by atoms with Gasteiger partial charge in [0.05, 0.1) is 5.30 Å². The van der Waals surface area contributed by atoms with Gasteiger partial charge in [-0.25, -0.2) is 0 Å². The van der Waals surface area contributed by atoms with Gasteiger partial charge in [0.2, 0.25) is 0 Å². The van der Waals surface area contributed by atoms with E-state index in [1.807, 2.05) is 0 Å². The van der Waals surface area contributed by atoms with E-state index in [-0.39, 0.29) is 20.4 Å². The summed E-state index contributed by atoms with van der Waals surface area (Å²) in [5.74, 6) is 0. The van der Waals surface area contributed by atoms with E-state index < -0.39 is 7.26 Å². The molecule has 2 aliphatic rings. The molecular weight excluding hydrogens is 473 g/mol. The minimum absolute atomic E-state index is 0. The van der Waals surface area contributed by atoms with Crippen LogP contribution in [-0.4, -0.2) is 11.3 Å². The third-order valence-electron chi connectivity index (χ3n) is 6.92. The van der Waals surface area contributed by atoms with E-state index in [4.69, 9.17) is 11.6 Å². The molecule has 0 amide bonds. The number of hydrogen-bond acceptors (Lipinski definition) is 0. The Morgan fingerprint density at radius 1 is 0.679 bits per heavy atom. The van der Waals surface area contributed by atoms with E-state index >= 15 is 0 Å². The molecular formula is C25H32ClPPd. The molecule has 0 saturated heterocycles. The van der Waals surface area contributed by atoms with Gasteiger partial charge in [-0.1, -0.05) is 68.2 Å². The first-order valence-electron chi connectivity index (χ1n) is 10.8. The van der Waals surface area contributed by atoms with Crippen LogP contribution in [0.15, 0.2) is 54.6 Å². The van der Waals surface area contributed by atoms with Crippen molar-refractivity contribution in [3.05, 3.63) is 60.2 Å². The average Bonchev–Trinajstić information content (AvgIpc) is 2.77. The third kappa shape index (κ3) is 4.60. The summed E-state index contributed by atoms with van der Waals surface area (Å²) in [4.78, 5) is 0. The van der Waals surface area contributed by atoms with Gasteiger partial charge >= 0.3 is 0 Å². The second-order valence-electron chi connectivity index (χ2n) is 8.43. The maximum absolute atomic E-state index is 6.85. The molecule has 0 heterocycles. The van der Waals surface area contributed by atoms with Crippen molar-refractivity contribution in [2.75, 3.05) is 0 Å². The van der Waals surface area contributed by atoms with E-state index in [2.05, 4.69) is 60.2 Å². The Hall–Kier alpha value is -0.178. The van der Waals surface area contributed by atoms with Gasteiger partial charge in [0.15, 0.2) is 0 Å². The molecule has 0 spiro atoms. The first kappa shape index (κ1) is 22.5. The van der Waals surface area contributed by atoms with Gasteiger partial charge in [0, 0.05) is 31.7 Å². The predicted molar refractivity (Wildman–Crippen MR) is 122 cm³/mol. The Morgan fingerprint density at radius 2 is 1.21 bits per heavy atom. The van der Waals surface area contributed by atoms with Crippen LogP contribution in [0, 0.1) is 5.62 Å².